The van der Waals surface area contributed by atoms with Crippen molar-refractivity contribution in [3.63, 3.8) is 0 Å². The van der Waals surface area contributed by atoms with E-state index in [1.807, 2.05) is 0 Å². The van der Waals surface area contributed by atoms with Gasteiger partial charge in [-0.15, -0.1) is 0 Å². The van der Waals surface area contributed by atoms with Crippen LogP contribution in [0.4, 0.5) is 0 Å². The molecule has 0 aliphatic rings. The molecule has 4 rings (SSSR count). The van der Waals surface area contributed by atoms with Crippen molar-refractivity contribution >= 4 is 68.9 Å². The Hall–Kier alpha value is -2.90. The summed E-state index contributed by atoms with van der Waals surface area (Å²) in [4.78, 5) is 9.44. The second-order valence-electron chi connectivity index (χ2n) is 7.33. The second-order valence-corrected chi connectivity index (χ2v) is 9.02. The predicted octanol–water partition coefficient (Wildman–Crippen LogP) is 7.09. The lowest BCUT2D eigenvalue weighted by Crippen LogP contribution is -2.15. The van der Waals surface area contributed by atoms with Gasteiger partial charge >= 0.3 is 0 Å². The Morgan fingerprint density at radius 2 is 0.971 bits per heavy atom. The zero-order valence-electron chi connectivity index (χ0n) is 17.4. The second kappa shape index (κ2) is 10.6. The highest BCUT2D eigenvalue weighted by Gasteiger charge is 2.18. The van der Waals surface area contributed by atoms with Crippen LogP contribution in [0, 0.1) is 0 Å². The van der Waals surface area contributed by atoms with Gasteiger partial charge in [-0.05, 0) is 47.5 Å². The van der Waals surface area contributed by atoms with Gasteiger partial charge < -0.3 is 10.4 Å². The molecule has 0 amide bonds. The zero-order chi connectivity index (χ0) is 24.2. The van der Waals surface area contributed by atoms with Gasteiger partial charge in [-0.25, -0.2) is 9.97 Å². The number of fused-ring (bicyclic) bond motifs is 1. The molecule has 0 saturated carbocycles. The van der Waals surface area contributed by atoms with Crippen LogP contribution in [-0.2, 0) is 12.8 Å². The number of oxime groups is 2. The van der Waals surface area contributed by atoms with E-state index in [0.717, 1.165) is 0 Å². The molecule has 1 heterocycles. The molecule has 0 bridgehead atoms. The van der Waals surface area contributed by atoms with Gasteiger partial charge in [0.15, 0.2) is 0 Å². The summed E-state index contributed by atoms with van der Waals surface area (Å²) >= 11 is 24.3. The standard InChI is InChI=1S/C24H16Cl4N4O2/c25-15-5-1-13(2-6-15)19(31-33)11-23-24(12-20(32-34)14-3-7-16(26)8-4-14)30-22-10-18(28)17(27)9-21(22)29-23/h1-10,33-34H,11-12H2/b31-19-,32-20+. The maximum absolute atomic E-state index is 9.72. The third-order valence-electron chi connectivity index (χ3n) is 5.13. The minimum Gasteiger partial charge on any atom is -0.411 e. The molecular weight excluding hydrogens is 518 g/mol. The van der Waals surface area contributed by atoms with Crippen LogP contribution in [0.2, 0.25) is 20.1 Å². The van der Waals surface area contributed by atoms with E-state index in [2.05, 4.69) is 10.3 Å². The minimum atomic E-state index is 0.149. The van der Waals surface area contributed by atoms with Gasteiger partial charge in [0.2, 0.25) is 0 Å². The summed E-state index contributed by atoms with van der Waals surface area (Å²) < 4.78 is 0. The van der Waals surface area contributed by atoms with E-state index >= 15 is 0 Å². The lowest BCUT2D eigenvalue weighted by atomic mass is 10.00. The van der Waals surface area contributed by atoms with Crippen LogP contribution in [0.15, 0.2) is 71.0 Å². The fourth-order valence-electron chi connectivity index (χ4n) is 3.40. The summed E-state index contributed by atoms with van der Waals surface area (Å²) in [6, 6.07) is 17.0. The number of benzene rings is 3. The lowest BCUT2D eigenvalue weighted by Gasteiger charge is -2.13. The van der Waals surface area contributed by atoms with E-state index in [4.69, 9.17) is 56.4 Å². The number of nitrogens with zero attached hydrogens (tertiary/aromatic N) is 4. The maximum Gasteiger partial charge on any atom is 0.0927 e. The van der Waals surface area contributed by atoms with Crippen LogP contribution in [0.25, 0.3) is 11.0 Å². The van der Waals surface area contributed by atoms with Gasteiger partial charge in [0, 0.05) is 22.9 Å². The molecule has 0 fully saturated rings. The van der Waals surface area contributed by atoms with Crippen molar-refractivity contribution in [2.24, 2.45) is 10.3 Å². The van der Waals surface area contributed by atoms with Gasteiger partial charge in [-0.1, -0.05) is 81.0 Å². The van der Waals surface area contributed by atoms with Crippen LogP contribution >= 0.6 is 46.4 Å². The number of hydrogen-bond donors (Lipinski definition) is 2. The van der Waals surface area contributed by atoms with Gasteiger partial charge in [-0.3, -0.25) is 0 Å². The van der Waals surface area contributed by atoms with E-state index in [1.165, 1.54) is 0 Å². The molecule has 6 nitrogen and oxygen atoms in total. The Morgan fingerprint density at radius 1 is 0.618 bits per heavy atom. The van der Waals surface area contributed by atoms with Gasteiger partial charge in [-0.2, -0.15) is 0 Å². The molecule has 0 unspecified atom stereocenters. The molecule has 0 atom stereocenters. The summed E-state index contributed by atoms with van der Waals surface area (Å²) in [5, 5.41) is 28.2. The molecule has 0 saturated heterocycles. The van der Waals surface area contributed by atoms with Crippen molar-refractivity contribution in [2.75, 3.05) is 0 Å². The summed E-state index contributed by atoms with van der Waals surface area (Å²) in [5.41, 5.74) is 4.14. The van der Waals surface area contributed by atoms with Crippen molar-refractivity contribution < 1.29 is 10.4 Å². The van der Waals surface area contributed by atoms with Crippen molar-refractivity contribution in [3.8, 4) is 0 Å². The Bertz CT molecular complexity index is 1300. The van der Waals surface area contributed by atoms with Crippen molar-refractivity contribution in [2.45, 2.75) is 12.8 Å². The molecule has 3 aromatic carbocycles. The number of rotatable bonds is 6. The van der Waals surface area contributed by atoms with Gasteiger partial charge in [0.25, 0.3) is 0 Å². The van der Waals surface area contributed by atoms with E-state index in [1.54, 1.807) is 60.7 Å². The fraction of sp³-hybridized carbons (Fsp3) is 0.0833. The van der Waals surface area contributed by atoms with E-state index in [-0.39, 0.29) is 12.8 Å². The Balaban J connectivity index is 1.79. The Kier molecular flexibility index (Phi) is 7.54. The topological polar surface area (TPSA) is 91.0 Å². The molecular formula is C24H16Cl4N4O2. The maximum atomic E-state index is 9.72. The van der Waals surface area contributed by atoms with Crippen LogP contribution in [0.1, 0.15) is 22.5 Å². The van der Waals surface area contributed by atoms with Gasteiger partial charge in [0.1, 0.15) is 0 Å². The van der Waals surface area contributed by atoms with Crippen LogP contribution in [0.3, 0.4) is 0 Å². The molecule has 0 aliphatic heterocycles. The molecule has 2 N–H and O–H groups in total. The molecule has 0 radical (unpaired) electrons. The molecule has 172 valence electrons. The number of halogens is 4. The molecule has 0 spiro atoms. The van der Waals surface area contributed by atoms with Crippen molar-refractivity contribution in [1.29, 1.82) is 0 Å². The first-order chi connectivity index (χ1) is 16.4. The lowest BCUT2D eigenvalue weighted by molar-refractivity contribution is 0.318. The Labute approximate surface area is 215 Å². The highest BCUT2D eigenvalue weighted by atomic mass is 35.5. The van der Waals surface area contributed by atoms with E-state index in [0.29, 0.717) is 65.1 Å². The first-order valence-corrected chi connectivity index (χ1v) is 11.5. The quantitative estimate of drug-likeness (QED) is 0.157. The van der Waals surface area contributed by atoms with Crippen molar-refractivity contribution in [1.82, 2.24) is 9.97 Å². The largest absolute Gasteiger partial charge is 0.411 e. The first-order valence-electron chi connectivity index (χ1n) is 9.96. The monoisotopic (exact) mass is 532 g/mol. The normalized spacial score (nSPS) is 12.4. The summed E-state index contributed by atoms with van der Waals surface area (Å²) in [7, 11) is 0. The number of aromatic nitrogens is 2. The summed E-state index contributed by atoms with van der Waals surface area (Å²) in [6.07, 6.45) is 0.298. The Morgan fingerprint density at radius 3 is 1.29 bits per heavy atom. The SMILES string of the molecule is O/N=C(/Cc1nc2cc(Cl)c(Cl)cc2nc1C/C(=N\O)c1ccc(Cl)cc1)c1ccc(Cl)cc1. The van der Waals surface area contributed by atoms with E-state index in [9.17, 15) is 10.4 Å². The van der Waals surface area contributed by atoms with Crippen LogP contribution in [0.5, 0.6) is 0 Å². The minimum absolute atomic E-state index is 0.149. The summed E-state index contributed by atoms with van der Waals surface area (Å²) in [6.45, 7) is 0. The van der Waals surface area contributed by atoms with E-state index < -0.39 is 0 Å². The molecule has 1 aromatic heterocycles. The predicted molar refractivity (Wildman–Crippen MR) is 137 cm³/mol. The average molecular weight is 534 g/mol. The molecule has 10 heteroatoms. The molecule has 4 aromatic rings. The molecule has 34 heavy (non-hydrogen) atoms. The fourth-order valence-corrected chi connectivity index (χ4v) is 3.97. The third kappa shape index (κ3) is 5.42. The first kappa shape index (κ1) is 24.2. The van der Waals surface area contributed by atoms with Crippen LogP contribution in [-0.4, -0.2) is 31.8 Å². The average Bonchev–Trinajstić information content (AvgIpc) is 2.83. The zero-order valence-corrected chi connectivity index (χ0v) is 20.4. The smallest absolute Gasteiger partial charge is 0.0927 e. The molecule has 0 aliphatic carbocycles. The summed E-state index contributed by atoms with van der Waals surface area (Å²) in [5.74, 6) is 0. The number of hydrogen-bond acceptors (Lipinski definition) is 6. The highest BCUT2D eigenvalue weighted by molar-refractivity contribution is 6.42. The van der Waals surface area contributed by atoms with Gasteiger partial charge in [0.05, 0.1) is 43.9 Å². The highest BCUT2D eigenvalue weighted by Crippen LogP contribution is 2.27. The van der Waals surface area contributed by atoms with Crippen molar-refractivity contribution in [3.05, 3.63) is 103 Å². The third-order valence-corrected chi connectivity index (χ3v) is 6.35. The van der Waals surface area contributed by atoms with Crippen LogP contribution < -0.4 is 0 Å².